The number of hydrogen-bond acceptors (Lipinski definition) is 8. The number of aliphatic imine (C=N–C) groups is 1. The van der Waals surface area contributed by atoms with Crippen LogP contribution in [0.5, 0.6) is 11.5 Å². The molecule has 0 unspecified atom stereocenters. The molecule has 0 saturated carbocycles. The van der Waals surface area contributed by atoms with E-state index in [9.17, 15) is 14.9 Å². The summed E-state index contributed by atoms with van der Waals surface area (Å²) < 4.78 is 15.3. The van der Waals surface area contributed by atoms with Crippen LogP contribution in [0.1, 0.15) is 39.2 Å². The molecule has 0 spiro atoms. The molecule has 1 aliphatic rings. The lowest BCUT2D eigenvalue weighted by atomic mass is 9.95. The van der Waals surface area contributed by atoms with Crippen LogP contribution in [0.3, 0.4) is 0 Å². The van der Waals surface area contributed by atoms with Gasteiger partial charge in [0.2, 0.25) is 0 Å². The maximum Gasteiger partial charge on any atom is 0.341 e. The highest BCUT2D eigenvalue weighted by Crippen LogP contribution is 2.40. The highest BCUT2D eigenvalue weighted by molar-refractivity contribution is 7.16. The normalized spacial score (nSPS) is 13.2. The van der Waals surface area contributed by atoms with E-state index in [-0.39, 0.29) is 17.0 Å². The van der Waals surface area contributed by atoms with Crippen LogP contribution in [0.15, 0.2) is 17.1 Å². The molecule has 1 heterocycles. The lowest BCUT2D eigenvalue weighted by molar-refractivity contribution is -0.385. The Morgan fingerprint density at radius 3 is 2.50 bits per heavy atom. The molecule has 0 aliphatic heterocycles. The Morgan fingerprint density at radius 1 is 1.18 bits per heavy atom. The molecule has 3 rings (SSSR count). The Hall–Kier alpha value is -2.94. The summed E-state index contributed by atoms with van der Waals surface area (Å²) in [5.41, 5.74) is 1.53. The van der Waals surface area contributed by atoms with Gasteiger partial charge in [-0.3, -0.25) is 10.1 Å². The number of ether oxygens (including phenoxy) is 3. The molecule has 1 aromatic carbocycles. The first-order chi connectivity index (χ1) is 13.5. The number of rotatable bonds is 6. The lowest BCUT2D eigenvalue weighted by Gasteiger charge is -2.11. The van der Waals surface area contributed by atoms with E-state index in [1.165, 1.54) is 51.0 Å². The molecule has 0 radical (unpaired) electrons. The van der Waals surface area contributed by atoms with Gasteiger partial charge >= 0.3 is 5.97 Å². The predicted molar refractivity (Wildman–Crippen MR) is 106 cm³/mol. The van der Waals surface area contributed by atoms with Gasteiger partial charge in [0, 0.05) is 11.1 Å². The molecule has 28 heavy (non-hydrogen) atoms. The third-order valence-electron chi connectivity index (χ3n) is 4.59. The van der Waals surface area contributed by atoms with Gasteiger partial charge in [-0.25, -0.2) is 9.79 Å². The van der Waals surface area contributed by atoms with Crippen molar-refractivity contribution in [1.82, 2.24) is 0 Å². The number of nitro groups is 1. The number of benzene rings is 1. The molecular formula is C19H20N2O6S. The summed E-state index contributed by atoms with van der Waals surface area (Å²) in [5, 5.41) is 12.0. The number of aryl methyl sites for hydroxylation is 1. The largest absolute Gasteiger partial charge is 0.493 e. The van der Waals surface area contributed by atoms with Crippen molar-refractivity contribution < 1.29 is 23.9 Å². The van der Waals surface area contributed by atoms with Gasteiger partial charge < -0.3 is 14.2 Å². The SMILES string of the molecule is COC(=O)c1c(N=Cc2cc(OC)c(OC)cc2[N+](=O)[O-])sc2c1CCCC2. The van der Waals surface area contributed by atoms with E-state index < -0.39 is 10.9 Å². The predicted octanol–water partition coefficient (Wildman–Crippen LogP) is 4.09. The molecule has 1 aliphatic carbocycles. The number of methoxy groups -OCH3 is 3. The van der Waals surface area contributed by atoms with E-state index in [4.69, 9.17) is 14.2 Å². The first kappa shape index (κ1) is 19.8. The smallest absolute Gasteiger partial charge is 0.341 e. The van der Waals surface area contributed by atoms with Crippen LogP contribution in [0.2, 0.25) is 0 Å². The van der Waals surface area contributed by atoms with Gasteiger partial charge in [-0.1, -0.05) is 0 Å². The van der Waals surface area contributed by atoms with Crippen molar-refractivity contribution >= 4 is 34.2 Å². The summed E-state index contributed by atoms with van der Waals surface area (Å²) in [6.45, 7) is 0. The second-order valence-corrected chi connectivity index (χ2v) is 7.25. The maximum atomic E-state index is 12.3. The first-order valence-corrected chi connectivity index (χ1v) is 9.49. The molecule has 1 aromatic heterocycles. The van der Waals surface area contributed by atoms with Gasteiger partial charge in [-0.05, 0) is 37.3 Å². The van der Waals surface area contributed by atoms with E-state index in [2.05, 4.69) is 4.99 Å². The highest BCUT2D eigenvalue weighted by atomic mass is 32.1. The van der Waals surface area contributed by atoms with Crippen LogP contribution in [-0.2, 0) is 17.6 Å². The zero-order chi connectivity index (χ0) is 20.3. The number of carbonyl (C=O) groups excluding carboxylic acids is 1. The highest BCUT2D eigenvalue weighted by Gasteiger charge is 2.26. The summed E-state index contributed by atoms with van der Waals surface area (Å²) >= 11 is 1.43. The number of nitrogens with zero attached hydrogens (tertiary/aromatic N) is 2. The minimum absolute atomic E-state index is 0.165. The van der Waals surface area contributed by atoms with Gasteiger partial charge in [-0.2, -0.15) is 0 Å². The molecule has 0 N–H and O–H groups in total. The van der Waals surface area contributed by atoms with Gasteiger partial charge in [-0.15, -0.1) is 11.3 Å². The van der Waals surface area contributed by atoms with E-state index in [1.807, 2.05) is 0 Å². The zero-order valence-corrected chi connectivity index (χ0v) is 16.6. The van der Waals surface area contributed by atoms with Crippen LogP contribution in [-0.4, -0.2) is 38.4 Å². The molecule has 148 valence electrons. The summed E-state index contributed by atoms with van der Waals surface area (Å²) in [5.74, 6) is 0.176. The van der Waals surface area contributed by atoms with Crippen molar-refractivity contribution in [3.8, 4) is 11.5 Å². The van der Waals surface area contributed by atoms with E-state index in [0.717, 1.165) is 36.1 Å². The molecule has 0 bridgehead atoms. The Balaban J connectivity index is 2.08. The molecule has 0 saturated heterocycles. The quantitative estimate of drug-likeness (QED) is 0.311. The fourth-order valence-corrected chi connectivity index (χ4v) is 4.45. The second-order valence-electron chi connectivity index (χ2n) is 6.16. The average Bonchev–Trinajstić information content (AvgIpc) is 3.09. The lowest BCUT2D eigenvalue weighted by Crippen LogP contribution is -2.07. The summed E-state index contributed by atoms with van der Waals surface area (Å²) in [4.78, 5) is 28.8. The molecular weight excluding hydrogens is 384 g/mol. The van der Waals surface area contributed by atoms with Gasteiger partial charge in [0.25, 0.3) is 5.69 Å². The molecule has 8 nitrogen and oxygen atoms in total. The minimum Gasteiger partial charge on any atom is -0.493 e. The molecule has 0 amide bonds. The van der Waals surface area contributed by atoms with Crippen LogP contribution >= 0.6 is 11.3 Å². The third kappa shape index (κ3) is 3.70. The van der Waals surface area contributed by atoms with Crippen molar-refractivity contribution in [3.05, 3.63) is 43.8 Å². The second kappa shape index (κ2) is 8.39. The van der Waals surface area contributed by atoms with Crippen molar-refractivity contribution in [2.24, 2.45) is 4.99 Å². The molecule has 0 atom stereocenters. The Morgan fingerprint density at radius 2 is 1.86 bits per heavy atom. The van der Waals surface area contributed by atoms with E-state index in [1.54, 1.807) is 0 Å². The van der Waals surface area contributed by atoms with Gasteiger partial charge in [0.15, 0.2) is 11.5 Å². The van der Waals surface area contributed by atoms with Crippen molar-refractivity contribution in [2.45, 2.75) is 25.7 Å². The number of nitro benzene ring substituents is 1. The molecule has 2 aromatic rings. The van der Waals surface area contributed by atoms with Crippen molar-refractivity contribution in [2.75, 3.05) is 21.3 Å². The number of fused-ring (bicyclic) bond motifs is 1. The molecule has 0 fully saturated rings. The summed E-state index contributed by atoms with van der Waals surface area (Å²) in [6, 6.07) is 2.78. The topological polar surface area (TPSA) is 100 Å². The van der Waals surface area contributed by atoms with Crippen LogP contribution in [0.25, 0.3) is 0 Å². The van der Waals surface area contributed by atoms with E-state index >= 15 is 0 Å². The summed E-state index contributed by atoms with van der Waals surface area (Å²) in [6.07, 6.45) is 5.17. The van der Waals surface area contributed by atoms with Crippen LogP contribution in [0.4, 0.5) is 10.7 Å². The number of esters is 1. The van der Waals surface area contributed by atoms with Gasteiger partial charge in [0.1, 0.15) is 5.00 Å². The van der Waals surface area contributed by atoms with Gasteiger partial charge in [0.05, 0.1) is 43.4 Å². The van der Waals surface area contributed by atoms with E-state index in [0.29, 0.717) is 16.3 Å². The maximum absolute atomic E-state index is 12.3. The third-order valence-corrected chi connectivity index (χ3v) is 5.79. The number of thiophene rings is 1. The fraction of sp³-hybridized carbons (Fsp3) is 0.368. The zero-order valence-electron chi connectivity index (χ0n) is 15.8. The van der Waals surface area contributed by atoms with Crippen molar-refractivity contribution in [1.29, 1.82) is 0 Å². The number of hydrogen-bond donors (Lipinski definition) is 0. The Bertz CT molecular complexity index is 950. The summed E-state index contributed by atoms with van der Waals surface area (Å²) in [7, 11) is 4.20. The molecule has 9 heteroatoms. The monoisotopic (exact) mass is 404 g/mol. The number of carbonyl (C=O) groups is 1. The van der Waals surface area contributed by atoms with Crippen LogP contribution in [0, 0.1) is 10.1 Å². The minimum atomic E-state index is -0.510. The first-order valence-electron chi connectivity index (χ1n) is 8.67. The Labute approximate surface area is 165 Å². The van der Waals surface area contributed by atoms with Crippen LogP contribution < -0.4 is 9.47 Å². The van der Waals surface area contributed by atoms with Crippen molar-refractivity contribution in [3.63, 3.8) is 0 Å². The standard InChI is InChI=1S/C19H20N2O6S/c1-25-14-8-11(13(21(23)24)9-15(14)26-2)10-20-18-17(19(22)27-3)12-6-4-5-7-16(12)28-18/h8-10H,4-7H2,1-3H3. The Kier molecular flexibility index (Phi) is 5.93. The average molecular weight is 404 g/mol. The fourth-order valence-electron chi connectivity index (χ4n) is 3.23.